The summed E-state index contributed by atoms with van der Waals surface area (Å²) in [5.74, 6) is 1.61. The minimum absolute atomic E-state index is 0.187. The molecule has 1 aliphatic rings. The highest BCUT2D eigenvalue weighted by molar-refractivity contribution is 7.13. The number of benzene rings is 2. The number of thiophene rings is 1. The number of nitrogens with one attached hydrogen (secondary N) is 1. The van der Waals surface area contributed by atoms with E-state index in [4.69, 9.17) is 14.2 Å². The number of ether oxygens (including phenoxy) is 1. The molecule has 2 aromatic carbocycles. The van der Waals surface area contributed by atoms with Gasteiger partial charge in [-0.3, -0.25) is 4.90 Å². The lowest BCUT2D eigenvalue weighted by molar-refractivity contribution is 0.203. The molecule has 1 unspecified atom stereocenters. The van der Waals surface area contributed by atoms with Crippen LogP contribution in [-0.2, 0) is 6.54 Å². The van der Waals surface area contributed by atoms with Crippen LogP contribution in [0.15, 0.2) is 76.3 Å². The summed E-state index contributed by atoms with van der Waals surface area (Å²) in [5.41, 5.74) is 4.57. The Morgan fingerprint density at radius 1 is 1.12 bits per heavy atom. The van der Waals surface area contributed by atoms with Gasteiger partial charge >= 0.3 is 6.03 Å². The van der Waals surface area contributed by atoms with Gasteiger partial charge in [0.1, 0.15) is 5.75 Å². The van der Waals surface area contributed by atoms with Crippen LogP contribution in [0.4, 0.5) is 4.79 Å². The largest absolute Gasteiger partial charge is 0.497 e. The van der Waals surface area contributed by atoms with E-state index in [0.717, 1.165) is 32.8 Å². The van der Waals surface area contributed by atoms with Crippen molar-refractivity contribution in [3.05, 3.63) is 94.3 Å². The first-order valence-electron chi connectivity index (χ1n) is 10.9. The third-order valence-electron chi connectivity index (χ3n) is 5.84. The van der Waals surface area contributed by atoms with Crippen molar-refractivity contribution in [2.24, 2.45) is 0 Å². The molecule has 34 heavy (non-hydrogen) atoms. The van der Waals surface area contributed by atoms with Gasteiger partial charge in [0.25, 0.3) is 5.89 Å². The van der Waals surface area contributed by atoms with E-state index in [-0.39, 0.29) is 6.03 Å². The van der Waals surface area contributed by atoms with E-state index in [9.17, 15) is 4.79 Å². The van der Waals surface area contributed by atoms with Crippen molar-refractivity contribution in [2.45, 2.75) is 26.4 Å². The van der Waals surface area contributed by atoms with Gasteiger partial charge in [-0.05, 0) is 48.6 Å². The number of urea groups is 1. The number of allylic oxidation sites excluding steroid dienone is 1. The number of aromatic nitrogens is 2. The average molecular weight is 473 g/mol. The molecule has 0 radical (unpaired) electrons. The van der Waals surface area contributed by atoms with Crippen LogP contribution >= 0.6 is 11.3 Å². The van der Waals surface area contributed by atoms with Gasteiger partial charge in [-0.25, -0.2) is 4.79 Å². The minimum Gasteiger partial charge on any atom is -0.497 e. The molecule has 0 saturated carbocycles. The molecule has 1 N–H and O–H groups in total. The number of hydrogen-bond donors (Lipinski definition) is 1. The summed E-state index contributed by atoms with van der Waals surface area (Å²) in [5, 5.41) is 9.32. The number of amides is 2. The fourth-order valence-corrected chi connectivity index (χ4v) is 4.80. The van der Waals surface area contributed by atoms with E-state index in [1.165, 1.54) is 0 Å². The maximum Gasteiger partial charge on any atom is 0.322 e. The van der Waals surface area contributed by atoms with Crippen LogP contribution in [0, 0.1) is 6.92 Å². The Kier molecular flexibility index (Phi) is 5.90. The predicted molar refractivity (Wildman–Crippen MR) is 131 cm³/mol. The van der Waals surface area contributed by atoms with Crippen molar-refractivity contribution >= 4 is 22.9 Å². The fraction of sp³-hybridized carbons (Fsp3) is 0.192. The van der Waals surface area contributed by atoms with E-state index in [1.54, 1.807) is 23.3 Å². The molecule has 2 amide bonds. The maximum absolute atomic E-state index is 13.3. The molecule has 1 atom stereocenters. The Hall–Kier alpha value is -3.91. The molecule has 1 aliphatic heterocycles. The van der Waals surface area contributed by atoms with Crippen LogP contribution in [0.3, 0.4) is 0 Å². The Morgan fingerprint density at radius 3 is 2.74 bits per heavy atom. The van der Waals surface area contributed by atoms with E-state index in [1.807, 2.05) is 73.8 Å². The van der Waals surface area contributed by atoms with Gasteiger partial charge in [0.15, 0.2) is 0 Å². The van der Waals surface area contributed by atoms with Crippen molar-refractivity contribution < 1.29 is 14.1 Å². The van der Waals surface area contributed by atoms with Crippen LogP contribution in [0.2, 0.25) is 0 Å². The minimum atomic E-state index is -0.465. The highest BCUT2D eigenvalue weighted by atomic mass is 32.1. The average Bonchev–Trinajstić information content (AvgIpc) is 3.54. The third kappa shape index (κ3) is 4.20. The summed E-state index contributed by atoms with van der Waals surface area (Å²) >= 11 is 1.55. The SMILES string of the molecule is COc1cccc(C2NC(=O)N(Cc3cccc(C)c3)C(C)=C2c2nc(-c3cccs3)no2)c1. The second kappa shape index (κ2) is 9.15. The fourth-order valence-electron chi connectivity index (χ4n) is 4.15. The molecule has 0 fully saturated rings. The van der Waals surface area contributed by atoms with Gasteiger partial charge in [0, 0.05) is 5.70 Å². The summed E-state index contributed by atoms with van der Waals surface area (Å²) < 4.78 is 11.2. The van der Waals surface area contributed by atoms with Crippen LogP contribution in [0.25, 0.3) is 16.3 Å². The second-order valence-electron chi connectivity index (χ2n) is 8.13. The van der Waals surface area contributed by atoms with E-state index >= 15 is 0 Å². The summed E-state index contributed by atoms with van der Waals surface area (Å²) in [4.78, 5) is 20.6. The van der Waals surface area contributed by atoms with Gasteiger partial charge in [-0.15, -0.1) is 11.3 Å². The lowest BCUT2D eigenvalue weighted by Crippen LogP contribution is -2.45. The predicted octanol–water partition coefficient (Wildman–Crippen LogP) is 5.81. The second-order valence-corrected chi connectivity index (χ2v) is 9.08. The molecule has 3 heterocycles. The summed E-state index contributed by atoms with van der Waals surface area (Å²) in [6.45, 7) is 4.39. The topological polar surface area (TPSA) is 80.5 Å². The van der Waals surface area contributed by atoms with Crippen LogP contribution in [0.1, 0.15) is 35.5 Å². The number of methoxy groups -OCH3 is 1. The van der Waals surface area contributed by atoms with Gasteiger partial charge < -0.3 is 14.6 Å². The number of carbonyl (C=O) groups excluding carboxylic acids is 1. The smallest absolute Gasteiger partial charge is 0.322 e. The van der Waals surface area contributed by atoms with Crippen molar-refractivity contribution in [3.63, 3.8) is 0 Å². The van der Waals surface area contributed by atoms with Gasteiger partial charge in [-0.2, -0.15) is 4.98 Å². The Morgan fingerprint density at radius 2 is 1.97 bits per heavy atom. The monoisotopic (exact) mass is 472 g/mol. The highest BCUT2D eigenvalue weighted by Gasteiger charge is 2.36. The van der Waals surface area contributed by atoms with E-state index < -0.39 is 6.04 Å². The zero-order valence-corrected chi connectivity index (χ0v) is 19.9. The standard InChI is InChI=1S/C26H24N4O3S/c1-16-7-4-8-18(13-16)15-30-17(2)22(25-28-24(29-33-25)21-11-6-12-34-21)23(27-26(30)31)19-9-5-10-20(14-19)32-3/h4-14,23H,15H2,1-3H3,(H,27,31). The Labute approximate surface area is 201 Å². The molecule has 0 aliphatic carbocycles. The molecule has 2 aromatic heterocycles. The molecule has 7 nitrogen and oxygen atoms in total. The van der Waals surface area contributed by atoms with Gasteiger partial charge in [0.05, 0.1) is 30.1 Å². The summed E-state index contributed by atoms with van der Waals surface area (Å²) in [6.07, 6.45) is 0. The van der Waals surface area contributed by atoms with Crippen LogP contribution < -0.4 is 10.1 Å². The maximum atomic E-state index is 13.3. The molecule has 0 bridgehead atoms. The normalized spacial score (nSPS) is 16.0. The van der Waals surface area contributed by atoms with E-state index in [0.29, 0.717) is 24.0 Å². The van der Waals surface area contributed by atoms with Crippen LogP contribution in [-0.4, -0.2) is 28.2 Å². The van der Waals surface area contributed by atoms with Crippen molar-refractivity contribution in [2.75, 3.05) is 7.11 Å². The molecular weight excluding hydrogens is 448 g/mol. The first-order chi connectivity index (χ1) is 16.5. The van der Waals surface area contributed by atoms with Gasteiger partial charge in [-0.1, -0.05) is 53.2 Å². The summed E-state index contributed by atoms with van der Waals surface area (Å²) in [7, 11) is 1.62. The highest BCUT2D eigenvalue weighted by Crippen LogP contribution is 2.39. The van der Waals surface area contributed by atoms with Gasteiger partial charge in [0.2, 0.25) is 5.82 Å². The van der Waals surface area contributed by atoms with Crippen molar-refractivity contribution in [3.8, 4) is 16.5 Å². The quantitative estimate of drug-likeness (QED) is 0.383. The lowest BCUT2D eigenvalue weighted by atomic mass is 9.94. The molecule has 5 rings (SSSR count). The zero-order chi connectivity index (χ0) is 23.7. The first-order valence-corrected chi connectivity index (χ1v) is 11.8. The number of hydrogen-bond acceptors (Lipinski definition) is 6. The molecule has 0 spiro atoms. The molecular formula is C26H24N4O3S. The number of nitrogens with zero attached hydrogens (tertiary/aromatic N) is 3. The number of aryl methyl sites for hydroxylation is 1. The molecule has 4 aromatic rings. The van der Waals surface area contributed by atoms with Crippen molar-refractivity contribution in [1.82, 2.24) is 20.4 Å². The number of carbonyl (C=O) groups is 1. The third-order valence-corrected chi connectivity index (χ3v) is 6.71. The molecule has 8 heteroatoms. The first kappa shape index (κ1) is 21.9. The van der Waals surface area contributed by atoms with Crippen LogP contribution in [0.5, 0.6) is 5.75 Å². The number of rotatable bonds is 6. The molecule has 172 valence electrons. The molecule has 0 saturated heterocycles. The summed E-state index contributed by atoms with van der Waals surface area (Å²) in [6, 6.07) is 19.0. The Balaban J connectivity index is 1.61. The van der Waals surface area contributed by atoms with E-state index in [2.05, 4.69) is 16.5 Å². The lowest BCUT2D eigenvalue weighted by Gasteiger charge is -2.35. The zero-order valence-electron chi connectivity index (χ0n) is 19.1. The van der Waals surface area contributed by atoms with Crippen molar-refractivity contribution in [1.29, 1.82) is 0 Å². The Bertz CT molecular complexity index is 1360.